The van der Waals surface area contributed by atoms with Crippen LogP contribution in [-0.4, -0.2) is 30.7 Å². The molecular weight excluding hydrogens is 333 g/mol. The van der Waals surface area contributed by atoms with Crippen molar-refractivity contribution in [2.75, 3.05) is 18.1 Å². The fourth-order valence-corrected chi connectivity index (χ4v) is 3.24. The first-order valence-corrected chi connectivity index (χ1v) is 8.08. The van der Waals surface area contributed by atoms with E-state index in [1.165, 1.54) is 0 Å². The number of hydrogen-bond acceptors (Lipinski definition) is 4. The van der Waals surface area contributed by atoms with E-state index in [1.54, 1.807) is 4.90 Å². The molecule has 1 heterocycles. The fourth-order valence-electron chi connectivity index (χ4n) is 1.60. The number of alkyl halides is 3. The van der Waals surface area contributed by atoms with Crippen LogP contribution in [0.5, 0.6) is 0 Å². The molecule has 1 atom stereocenters. The Morgan fingerprint density at radius 2 is 1.89 bits per heavy atom. The van der Waals surface area contributed by atoms with Gasteiger partial charge in [0.15, 0.2) is 5.37 Å². The molecule has 2 rings (SSSR count). The molecule has 4 nitrogen and oxygen atoms in total. The lowest BCUT2D eigenvalue weighted by atomic mass is 10.2. The third-order valence-electron chi connectivity index (χ3n) is 2.65. The molecule has 0 saturated carbocycles. The molecule has 0 aliphatic carbocycles. The van der Waals surface area contributed by atoms with Crippen LogP contribution in [0, 0.1) is 6.92 Å². The van der Waals surface area contributed by atoms with Gasteiger partial charge in [0.05, 0.1) is 6.54 Å². The number of anilines is 1. The lowest BCUT2D eigenvalue weighted by Gasteiger charge is -2.11. The van der Waals surface area contributed by atoms with Crippen molar-refractivity contribution in [3.63, 3.8) is 0 Å². The number of hydrogen-bond donors (Lipinski definition) is 0. The van der Waals surface area contributed by atoms with Gasteiger partial charge >= 0.3 is 0 Å². The number of rotatable bonds is 4. The fraction of sp³-hybridized carbons (Fsp3) is 0.455. The van der Waals surface area contributed by atoms with Crippen LogP contribution >= 0.6 is 34.8 Å². The zero-order chi connectivity index (χ0) is 14.3. The third kappa shape index (κ3) is 4.13. The maximum atomic E-state index is 11.9. The van der Waals surface area contributed by atoms with Gasteiger partial charge in [0.2, 0.25) is 3.79 Å². The highest BCUT2D eigenvalue weighted by Gasteiger charge is 2.47. The topological polar surface area (TPSA) is 46.4 Å². The number of nitrogens with zero attached hydrogens (tertiary/aromatic N) is 1. The largest absolute Gasteiger partial charge is 0.348 e. The van der Waals surface area contributed by atoms with Gasteiger partial charge in [0, 0.05) is 5.69 Å². The molecule has 0 amide bonds. The molecule has 0 radical (unpaired) electrons. The standard InChI is InChI=1S/C11H12Cl3NO3S/c1-8-2-4-9(5-3-8)15-6-10(15)19(16,17)18-7-11(12,13)14/h2-5,10H,6-7H2,1H3. The van der Waals surface area contributed by atoms with E-state index in [2.05, 4.69) is 0 Å². The molecule has 1 aliphatic rings. The Morgan fingerprint density at radius 3 is 2.42 bits per heavy atom. The van der Waals surface area contributed by atoms with Crippen molar-refractivity contribution in [2.24, 2.45) is 0 Å². The van der Waals surface area contributed by atoms with Crippen LogP contribution in [0.25, 0.3) is 0 Å². The second-order valence-electron chi connectivity index (χ2n) is 4.31. The van der Waals surface area contributed by atoms with E-state index in [4.69, 9.17) is 39.0 Å². The second-order valence-corrected chi connectivity index (χ2v) is 8.59. The Bertz CT molecular complexity index is 554. The molecular formula is C11H12Cl3NO3S. The minimum absolute atomic E-state index is 0.380. The molecule has 0 N–H and O–H groups in total. The molecule has 8 heteroatoms. The molecule has 106 valence electrons. The maximum absolute atomic E-state index is 11.9. The highest BCUT2D eigenvalue weighted by atomic mass is 35.6. The predicted molar refractivity (Wildman–Crippen MR) is 77.5 cm³/mol. The Hall–Kier alpha value is -0.200. The van der Waals surface area contributed by atoms with Gasteiger partial charge < -0.3 is 4.90 Å². The van der Waals surface area contributed by atoms with Crippen molar-refractivity contribution < 1.29 is 12.6 Å². The van der Waals surface area contributed by atoms with Crippen LogP contribution in [0.4, 0.5) is 5.69 Å². The van der Waals surface area contributed by atoms with Gasteiger partial charge in [-0.25, -0.2) is 0 Å². The van der Waals surface area contributed by atoms with Crippen LogP contribution in [0.3, 0.4) is 0 Å². The Labute approximate surface area is 127 Å². The van der Waals surface area contributed by atoms with E-state index < -0.39 is 25.9 Å². The van der Waals surface area contributed by atoms with Crippen molar-refractivity contribution >= 4 is 50.6 Å². The molecule has 0 spiro atoms. The van der Waals surface area contributed by atoms with Crippen molar-refractivity contribution in [2.45, 2.75) is 16.1 Å². The lowest BCUT2D eigenvalue weighted by Crippen LogP contribution is -2.22. The summed E-state index contributed by atoms with van der Waals surface area (Å²) in [6, 6.07) is 7.55. The summed E-state index contributed by atoms with van der Waals surface area (Å²) >= 11 is 16.4. The Morgan fingerprint density at radius 1 is 1.32 bits per heavy atom. The number of aryl methyl sites for hydroxylation is 1. The predicted octanol–water partition coefficient (Wildman–Crippen LogP) is 2.86. The molecule has 1 saturated heterocycles. The van der Waals surface area contributed by atoms with E-state index in [0.717, 1.165) is 11.3 Å². The quantitative estimate of drug-likeness (QED) is 0.479. The van der Waals surface area contributed by atoms with E-state index in [1.807, 2.05) is 31.2 Å². The average molecular weight is 345 g/mol. The summed E-state index contributed by atoms with van der Waals surface area (Å²) in [5, 5.41) is -0.706. The highest BCUT2D eigenvalue weighted by Crippen LogP contribution is 2.34. The molecule has 1 aromatic carbocycles. The normalized spacial score (nSPS) is 19.6. The average Bonchev–Trinajstić information content (AvgIpc) is 3.07. The van der Waals surface area contributed by atoms with Gasteiger partial charge in [0.25, 0.3) is 10.1 Å². The lowest BCUT2D eigenvalue weighted by molar-refractivity contribution is 0.325. The minimum Gasteiger partial charge on any atom is -0.348 e. The summed E-state index contributed by atoms with van der Waals surface area (Å²) in [7, 11) is -3.76. The van der Waals surface area contributed by atoms with Crippen molar-refractivity contribution in [1.82, 2.24) is 0 Å². The van der Waals surface area contributed by atoms with E-state index in [9.17, 15) is 8.42 Å². The molecule has 1 fully saturated rings. The van der Waals surface area contributed by atoms with Gasteiger partial charge in [-0.05, 0) is 19.1 Å². The molecule has 1 aromatic rings. The van der Waals surface area contributed by atoms with Crippen molar-refractivity contribution in [1.29, 1.82) is 0 Å². The monoisotopic (exact) mass is 343 g/mol. The first-order chi connectivity index (χ1) is 8.69. The second kappa shape index (κ2) is 5.30. The van der Waals surface area contributed by atoms with E-state index in [0.29, 0.717) is 6.54 Å². The maximum Gasteiger partial charge on any atom is 0.290 e. The van der Waals surface area contributed by atoms with Crippen LogP contribution < -0.4 is 4.90 Å². The zero-order valence-electron chi connectivity index (χ0n) is 10.0. The van der Waals surface area contributed by atoms with Gasteiger partial charge in [0.1, 0.15) is 6.61 Å². The third-order valence-corrected chi connectivity index (χ3v) is 4.50. The van der Waals surface area contributed by atoms with Gasteiger partial charge in [-0.15, -0.1) is 0 Å². The first kappa shape index (κ1) is 15.2. The van der Waals surface area contributed by atoms with Crippen LogP contribution in [0.2, 0.25) is 0 Å². The number of halogens is 3. The smallest absolute Gasteiger partial charge is 0.290 e. The number of benzene rings is 1. The summed E-state index contributed by atoms with van der Waals surface area (Å²) in [5.41, 5.74) is 1.94. The van der Waals surface area contributed by atoms with Crippen LogP contribution in [0.1, 0.15) is 5.56 Å². The molecule has 1 aliphatic heterocycles. The SMILES string of the molecule is Cc1ccc(N2CC2S(=O)(=O)OCC(Cl)(Cl)Cl)cc1. The van der Waals surface area contributed by atoms with E-state index >= 15 is 0 Å². The molecule has 0 bridgehead atoms. The van der Waals surface area contributed by atoms with Crippen molar-refractivity contribution in [3.05, 3.63) is 29.8 Å². The summed E-state index contributed by atoms with van der Waals surface area (Å²) < 4.78 is 26.7. The van der Waals surface area contributed by atoms with Crippen LogP contribution in [0.15, 0.2) is 24.3 Å². The Kier molecular flexibility index (Phi) is 4.23. The van der Waals surface area contributed by atoms with Gasteiger partial charge in [-0.1, -0.05) is 52.5 Å². The molecule has 0 aromatic heterocycles. The van der Waals surface area contributed by atoms with Crippen LogP contribution in [-0.2, 0) is 14.3 Å². The van der Waals surface area contributed by atoms with Gasteiger partial charge in [-0.3, -0.25) is 4.18 Å². The van der Waals surface area contributed by atoms with Gasteiger partial charge in [-0.2, -0.15) is 8.42 Å². The van der Waals surface area contributed by atoms with Crippen molar-refractivity contribution in [3.8, 4) is 0 Å². The zero-order valence-corrected chi connectivity index (χ0v) is 13.1. The summed E-state index contributed by atoms with van der Waals surface area (Å²) in [4.78, 5) is 1.70. The minimum atomic E-state index is -3.76. The summed E-state index contributed by atoms with van der Waals surface area (Å²) in [5.74, 6) is 0. The summed E-state index contributed by atoms with van der Waals surface area (Å²) in [6.45, 7) is 1.85. The Balaban J connectivity index is 2.00. The summed E-state index contributed by atoms with van der Waals surface area (Å²) in [6.07, 6.45) is 0. The van der Waals surface area contributed by atoms with E-state index in [-0.39, 0.29) is 0 Å². The molecule has 1 unspecified atom stereocenters. The highest BCUT2D eigenvalue weighted by molar-refractivity contribution is 7.87. The molecule has 19 heavy (non-hydrogen) atoms. The first-order valence-electron chi connectivity index (χ1n) is 5.47.